The van der Waals surface area contributed by atoms with E-state index in [9.17, 15) is 0 Å². The largest absolute Gasteiger partial charge is 0.354 e. The molecule has 2 heterocycles. The summed E-state index contributed by atoms with van der Waals surface area (Å²) in [7, 11) is 0. The number of rotatable bonds is 0. The second kappa shape index (κ2) is 6.95. The zero-order valence-electron chi connectivity index (χ0n) is 15.9. The molecule has 7 rings (SSSR count). The molecule has 0 saturated heterocycles. The first-order chi connectivity index (χ1) is 14.9. The molecule has 0 spiro atoms. The van der Waals surface area contributed by atoms with Crippen LogP contribution < -0.4 is 0 Å². The van der Waals surface area contributed by atoms with Gasteiger partial charge in [-0.3, -0.25) is 0 Å². The van der Waals surface area contributed by atoms with Crippen LogP contribution in [0.15, 0.2) is 84.9 Å². The molecule has 1 nitrogen and oxygen atoms in total. The fourth-order valence-electron chi connectivity index (χ4n) is 4.81. The van der Waals surface area contributed by atoms with Gasteiger partial charge in [0.05, 0.1) is 5.52 Å². The maximum Gasteiger partial charge on any atom is 0.0566 e. The molecule has 7 aromatic rings. The Hall–Kier alpha value is -2.66. The summed E-state index contributed by atoms with van der Waals surface area (Å²) < 4.78 is 2.73. The van der Waals surface area contributed by atoms with E-state index in [2.05, 4.69) is 113 Å². The smallest absolute Gasteiger partial charge is 0.0566 e. The van der Waals surface area contributed by atoms with Gasteiger partial charge in [-0.2, -0.15) is 0 Å². The molecule has 0 fully saturated rings. The highest BCUT2D eigenvalue weighted by molar-refractivity contribution is 8.59. The van der Waals surface area contributed by atoms with Gasteiger partial charge in [0.15, 0.2) is 0 Å². The van der Waals surface area contributed by atoms with Crippen LogP contribution in [0.2, 0.25) is 0 Å². The first-order valence-electron chi connectivity index (χ1n) is 9.75. The number of thiophene rings is 1. The highest BCUT2D eigenvalue weighted by Crippen LogP contribution is 2.47. The Bertz CT molecular complexity index is 1720. The van der Waals surface area contributed by atoms with Gasteiger partial charge >= 0.3 is 0 Å². The van der Waals surface area contributed by atoms with Crippen molar-refractivity contribution < 1.29 is 0 Å². The Kier molecular flexibility index (Phi) is 4.20. The third kappa shape index (κ3) is 2.38. The second-order valence-electron chi connectivity index (χ2n) is 7.43. The number of nitrogens with one attached hydrogen (secondary N) is 1. The fourth-order valence-corrected chi connectivity index (χ4v) is 6.07. The van der Waals surface area contributed by atoms with Crippen LogP contribution in [0, 0.1) is 0 Å². The maximum absolute atomic E-state index is 3.76. The van der Waals surface area contributed by atoms with Crippen molar-refractivity contribution in [2.24, 2.45) is 0 Å². The molecular formula is C26H17NS3. The summed E-state index contributed by atoms with van der Waals surface area (Å²) in [4.78, 5) is 3.76. The van der Waals surface area contributed by atoms with Crippen LogP contribution in [0.25, 0.3) is 63.5 Å². The predicted molar refractivity (Wildman–Crippen MR) is 142 cm³/mol. The number of hydrogen-bond donors (Lipinski definition) is 3. The Labute approximate surface area is 187 Å². The van der Waals surface area contributed by atoms with Crippen LogP contribution in [0.5, 0.6) is 0 Å². The van der Waals surface area contributed by atoms with E-state index in [-0.39, 0.29) is 0 Å². The molecule has 0 saturated carbocycles. The molecule has 30 heavy (non-hydrogen) atoms. The number of fused-ring (bicyclic) bond motifs is 12. The van der Waals surface area contributed by atoms with Gasteiger partial charge in [-0.25, -0.2) is 0 Å². The Morgan fingerprint density at radius 2 is 1.23 bits per heavy atom. The highest BCUT2D eigenvalue weighted by Gasteiger charge is 2.18. The van der Waals surface area contributed by atoms with Gasteiger partial charge in [-0.15, -0.1) is 34.7 Å². The van der Waals surface area contributed by atoms with E-state index in [4.69, 9.17) is 0 Å². The Morgan fingerprint density at radius 3 is 2.07 bits per heavy atom. The van der Waals surface area contributed by atoms with Crippen LogP contribution >= 0.6 is 34.7 Å². The summed E-state index contributed by atoms with van der Waals surface area (Å²) in [6, 6.07) is 30.8. The van der Waals surface area contributed by atoms with Gasteiger partial charge in [0.25, 0.3) is 0 Å². The van der Waals surface area contributed by atoms with E-state index < -0.39 is 0 Å². The second-order valence-corrected chi connectivity index (χ2v) is 8.48. The van der Waals surface area contributed by atoms with Crippen LogP contribution in [-0.2, 0) is 0 Å². The van der Waals surface area contributed by atoms with E-state index in [1.165, 1.54) is 63.5 Å². The van der Waals surface area contributed by atoms with Gasteiger partial charge in [0.2, 0.25) is 0 Å². The van der Waals surface area contributed by atoms with Crippen molar-refractivity contribution in [1.82, 2.24) is 4.98 Å². The molecule has 5 aromatic carbocycles. The number of para-hydroxylation sites is 1. The predicted octanol–water partition coefficient (Wildman–Crippen LogP) is 8.76. The van der Waals surface area contributed by atoms with Crippen molar-refractivity contribution >= 4 is 98.2 Å². The lowest BCUT2D eigenvalue weighted by molar-refractivity contribution is 1.57. The lowest BCUT2D eigenvalue weighted by Gasteiger charge is -2.05. The lowest BCUT2D eigenvalue weighted by atomic mass is 9.98. The molecule has 0 unspecified atom stereocenters. The zero-order chi connectivity index (χ0) is 20.2. The number of aromatic nitrogens is 1. The van der Waals surface area contributed by atoms with Gasteiger partial charge in [-0.1, -0.05) is 72.8 Å². The van der Waals surface area contributed by atoms with Crippen molar-refractivity contribution in [3.8, 4) is 0 Å². The van der Waals surface area contributed by atoms with Crippen LogP contribution in [0.1, 0.15) is 0 Å². The minimum atomic E-state index is 1.20. The first-order valence-corrected chi connectivity index (χ1v) is 12.2. The highest BCUT2D eigenvalue weighted by atomic mass is 33.1. The van der Waals surface area contributed by atoms with E-state index in [0.29, 0.717) is 0 Å². The maximum atomic E-state index is 3.76. The molecule has 0 atom stereocenters. The number of aromatic amines is 1. The number of thiol groups is 2. The van der Waals surface area contributed by atoms with Crippen molar-refractivity contribution in [1.29, 1.82) is 0 Å². The van der Waals surface area contributed by atoms with Gasteiger partial charge < -0.3 is 4.98 Å². The normalized spacial score (nSPS) is 11.7. The summed E-state index contributed by atoms with van der Waals surface area (Å²) in [6.07, 6.45) is 0. The van der Waals surface area contributed by atoms with E-state index in [1.807, 2.05) is 11.3 Å². The Balaban J connectivity index is 0.000000852. The molecule has 1 N–H and O–H groups in total. The molecule has 2 aromatic heterocycles. The van der Waals surface area contributed by atoms with Crippen molar-refractivity contribution in [2.75, 3.05) is 0 Å². The number of hydrogen-bond acceptors (Lipinski definition) is 3. The van der Waals surface area contributed by atoms with Gasteiger partial charge in [-0.05, 0) is 28.3 Å². The quantitative estimate of drug-likeness (QED) is 0.155. The minimum absolute atomic E-state index is 1.20. The molecule has 0 radical (unpaired) electrons. The topological polar surface area (TPSA) is 15.8 Å². The van der Waals surface area contributed by atoms with E-state index in [0.717, 1.165) is 0 Å². The van der Waals surface area contributed by atoms with Gasteiger partial charge in [0.1, 0.15) is 0 Å². The van der Waals surface area contributed by atoms with Crippen molar-refractivity contribution in [3.63, 3.8) is 0 Å². The molecule has 4 heteroatoms. The standard InChI is InChI=1S/C26H15NS.H2S2/c1-2-8-16-15(7-1)13-14-21-23(16)24-25-22(19-11-5-6-12-20(19)27-25)17-9-3-4-10-18(17)26(24)28-21;1-2/h1-14,27H;1-2H. The monoisotopic (exact) mass is 439 g/mol. The third-order valence-corrected chi connectivity index (χ3v) is 7.17. The summed E-state index contributed by atoms with van der Waals surface area (Å²) in [6.45, 7) is 0. The molecule has 0 amide bonds. The molecule has 0 bridgehead atoms. The van der Waals surface area contributed by atoms with Crippen molar-refractivity contribution in [3.05, 3.63) is 84.9 Å². The Morgan fingerprint density at radius 1 is 0.567 bits per heavy atom. The summed E-state index contributed by atoms with van der Waals surface area (Å²) in [5, 5.41) is 10.7. The van der Waals surface area contributed by atoms with Crippen LogP contribution in [0.4, 0.5) is 0 Å². The number of H-pyrrole nitrogens is 1. The molecule has 0 aliphatic carbocycles. The molecule has 144 valence electrons. The van der Waals surface area contributed by atoms with Crippen molar-refractivity contribution in [2.45, 2.75) is 0 Å². The molecular weight excluding hydrogens is 422 g/mol. The SMILES string of the molecule is SS.c1ccc2c(c1)ccc1sc3c4ccccc4c4c5ccccc5[nH]c4c3c12. The minimum Gasteiger partial charge on any atom is -0.354 e. The average Bonchev–Trinajstić information content (AvgIpc) is 3.40. The average molecular weight is 440 g/mol. The molecule has 0 aliphatic heterocycles. The van der Waals surface area contributed by atoms with Crippen LogP contribution in [0.3, 0.4) is 0 Å². The number of benzene rings is 5. The van der Waals surface area contributed by atoms with Crippen LogP contribution in [-0.4, -0.2) is 4.98 Å². The zero-order valence-corrected chi connectivity index (χ0v) is 18.5. The first kappa shape index (κ1) is 18.1. The fraction of sp³-hybridized carbons (Fsp3) is 0. The van der Waals surface area contributed by atoms with Gasteiger partial charge in [0, 0.05) is 41.8 Å². The summed E-state index contributed by atoms with van der Waals surface area (Å²) >= 11 is 8.36. The lowest BCUT2D eigenvalue weighted by Crippen LogP contribution is -1.79. The third-order valence-electron chi connectivity index (χ3n) is 5.98. The van der Waals surface area contributed by atoms with E-state index in [1.54, 1.807) is 0 Å². The summed E-state index contributed by atoms with van der Waals surface area (Å²) in [5.41, 5.74) is 2.47. The molecule has 0 aliphatic rings. The summed E-state index contributed by atoms with van der Waals surface area (Å²) in [5.74, 6) is 0. The van der Waals surface area contributed by atoms with E-state index >= 15 is 0 Å².